The number of carbonyl (C=O) groups excluding carboxylic acids is 2. The maximum absolute atomic E-state index is 11.6. The molecule has 0 saturated heterocycles. The van der Waals surface area contributed by atoms with Gasteiger partial charge in [0.15, 0.2) is 0 Å². The van der Waals surface area contributed by atoms with Gasteiger partial charge in [0.25, 0.3) is 11.8 Å². The van der Waals surface area contributed by atoms with Gasteiger partial charge in [-0.3, -0.25) is 14.5 Å². The number of hydrogen-bond acceptors (Lipinski definition) is 6. The second-order valence-electron chi connectivity index (χ2n) is 5.81. The highest BCUT2D eigenvalue weighted by Crippen LogP contribution is 2.19. The van der Waals surface area contributed by atoms with Crippen LogP contribution in [0.25, 0.3) is 0 Å². The molecule has 0 saturated carbocycles. The lowest BCUT2D eigenvalue weighted by Gasteiger charge is -2.26. The predicted molar refractivity (Wildman–Crippen MR) is 101 cm³/mol. The fourth-order valence-electron chi connectivity index (χ4n) is 2.17. The topological polar surface area (TPSA) is 49.4 Å². The molecule has 0 fully saturated rings. The first-order valence-corrected chi connectivity index (χ1v) is 9.84. The van der Waals surface area contributed by atoms with Gasteiger partial charge in [0, 0.05) is 53.3 Å². The molecule has 7 heteroatoms. The lowest BCUT2D eigenvalue weighted by atomic mass is 10.1. The van der Waals surface area contributed by atoms with Crippen molar-refractivity contribution in [2.45, 2.75) is 38.1 Å². The third kappa shape index (κ3) is 5.83. The highest BCUT2D eigenvalue weighted by Gasteiger charge is 2.28. The molecule has 126 valence electrons. The summed E-state index contributed by atoms with van der Waals surface area (Å²) in [6.07, 6.45) is 2.67. The molecular weight excluding hydrogens is 336 g/mol. The summed E-state index contributed by atoms with van der Waals surface area (Å²) in [6.45, 7) is 7.11. The van der Waals surface area contributed by atoms with Crippen LogP contribution in [0.15, 0.2) is 12.2 Å². The van der Waals surface area contributed by atoms with Crippen molar-refractivity contribution < 1.29 is 9.59 Å². The summed E-state index contributed by atoms with van der Waals surface area (Å²) in [5.41, 5.74) is 0. The minimum Gasteiger partial charge on any atom is -0.312 e. The van der Waals surface area contributed by atoms with Gasteiger partial charge in [0.1, 0.15) is 0 Å². The van der Waals surface area contributed by atoms with Crippen LogP contribution in [0.3, 0.4) is 0 Å². The average Bonchev–Trinajstić information content (AvgIpc) is 2.81. The van der Waals surface area contributed by atoms with E-state index in [0.29, 0.717) is 17.2 Å². The number of rotatable bonds is 10. The molecule has 1 aliphatic heterocycles. The number of thiol groups is 2. The molecule has 1 rings (SSSR count). The molecule has 0 bridgehead atoms. The molecule has 2 amide bonds. The Hall–Kier alpha value is -0.110. The van der Waals surface area contributed by atoms with Crippen molar-refractivity contribution in [3.05, 3.63) is 12.2 Å². The smallest absolute Gasteiger partial charge is 0.253 e. The summed E-state index contributed by atoms with van der Waals surface area (Å²) in [5, 5.41) is 3.87. The first-order chi connectivity index (χ1) is 10.4. The van der Waals surface area contributed by atoms with E-state index in [9.17, 15) is 9.59 Å². The van der Waals surface area contributed by atoms with Gasteiger partial charge in [0.2, 0.25) is 0 Å². The lowest BCUT2D eigenvalue weighted by Crippen LogP contribution is -2.42. The van der Waals surface area contributed by atoms with Crippen molar-refractivity contribution in [1.29, 1.82) is 0 Å². The van der Waals surface area contributed by atoms with Gasteiger partial charge < -0.3 is 5.32 Å². The quantitative estimate of drug-likeness (QED) is 0.410. The first-order valence-electron chi connectivity index (χ1n) is 7.52. The van der Waals surface area contributed by atoms with Gasteiger partial charge >= 0.3 is 0 Å². The predicted octanol–water partition coefficient (Wildman–Crippen LogP) is 1.88. The zero-order valence-corrected chi connectivity index (χ0v) is 16.0. The molecule has 1 N–H and O–H groups in total. The van der Waals surface area contributed by atoms with Crippen LogP contribution >= 0.6 is 37.0 Å². The van der Waals surface area contributed by atoms with Gasteiger partial charge in [-0.25, -0.2) is 0 Å². The van der Waals surface area contributed by atoms with Gasteiger partial charge in [-0.1, -0.05) is 13.8 Å². The zero-order valence-electron chi connectivity index (χ0n) is 13.4. The summed E-state index contributed by atoms with van der Waals surface area (Å²) in [5.74, 6) is 2.39. The largest absolute Gasteiger partial charge is 0.312 e. The monoisotopic (exact) mass is 362 g/mol. The molecule has 0 aromatic carbocycles. The van der Waals surface area contributed by atoms with E-state index in [1.807, 2.05) is 6.92 Å². The summed E-state index contributed by atoms with van der Waals surface area (Å²) < 4.78 is 0. The van der Waals surface area contributed by atoms with E-state index in [1.54, 1.807) is 11.8 Å². The molecule has 0 radical (unpaired) electrons. The molecule has 0 aliphatic carbocycles. The Kier molecular flexibility index (Phi) is 8.97. The number of carbonyl (C=O) groups is 2. The average molecular weight is 363 g/mol. The Balaban J connectivity index is 2.40. The van der Waals surface area contributed by atoms with Crippen molar-refractivity contribution in [3.8, 4) is 0 Å². The van der Waals surface area contributed by atoms with E-state index in [1.165, 1.54) is 17.1 Å². The number of imide groups is 1. The van der Waals surface area contributed by atoms with Gasteiger partial charge in [-0.2, -0.15) is 37.0 Å². The van der Waals surface area contributed by atoms with Crippen LogP contribution < -0.4 is 5.32 Å². The normalized spacial score (nSPS) is 19.1. The molecule has 1 aliphatic rings. The van der Waals surface area contributed by atoms with Crippen molar-refractivity contribution in [2.24, 2.45) is 5.92 Å². The standard InChI is InChI=1S/C15H26N2O2S3/c1-10(2)13(8-21)16-6-12(7-20)22-9-11(3)17-14(18)4-5-15(17)19/h4-5,10-13,16,20-21H,6-9H2,1-3H3. The Bertz CT molecular complexity index is 398. The molecular formula is C15H26N2O2S3. The van der Waals surface area contributed by atoms with E-state index >= 15 is 0 Å². The van der Waals surface area contributed by atoms with E-state index in [2.05, 4.69) is 44.4 Å². The molecule has 0 aromatic heterocycles. The number of hydrogen-bond donors (Lipinski definition) is 3. The Morgan fingerprint density at radius 1 is 1.14 bits per heavy atom. The van der Waals surface area contributed by atoms with Crippen LogP contribution in [-0.2, 0) is 9.59 Å². The maximum Gasteiger partial charge on any atom is 0.253 e. The Morgan fingerprint density at radius 2 is 1.73 bits per heavy atom. The fraction of sp³-hybridized carbons (Fsp3) is 0.733. The van der Waals surface area contributed by atoms with E-state index < -0.39 is 0 Å². The van der Waals surface area contributed by atoms with Crippen molar-refractivity contribution in [3.63, 3.8) is 0 Å². The summed E-state index contributed by atoms with van der Waals surface area (Å²) in [4.78, 5) is 24.6. The van der Waals surface area contributed by atoms with E-state index in [0.717, 1.165) is 23.8 Å². The summed E-state index contributed by atoms with van der Waals surface area (Å²) in [7, 11) is 0. The number of nitrogens with one attached hydrogen (secondary N) is 1. The van der Waals surface area contributed by atoms with E-state index in [4.69, 9.17) is 0 Å². The molecule has 0 aromatic rings. The molecule has 3 atom stereocenters. The maximum atomic E-state index is 11.6. The van der Waals surface area contributed by atoms with Crippen LogP contribution in [-0.4, -0.2) is 57.9 Å². The molecule has 0 spiro atoms. The molecule has 1 heterocycles. The minimum absolute atomic E-state index is 0.104. The molecule has 4 nitrogen and oxygen atoms in total. The molecule has 3 unspecified atom stereocenters. The van der Waals surface area contributed by atoms with Crippen molar-refractivity contribution >= 4 is 48.8 Å². The van der Waals surface area contributed by atoms with Crippen LogP contribution in [0.1, 0.15) is 20.8 Å². The molecule has 22 heavy (non-hydrogen) atoms. The minimum atomic E-state index is -0.214. The van der Waals surface area contributed by atoms with Gasteiger partial charge in [0.05, 0.1) is 0 Å². The SMILES string of the molecule is CC(C)C(CS)NCC(CS)SCC(C)N1C(=O)C=CC1=O. The number of amides is 2. The lowest BCUT2D eigenvalue weighted by molar-refractivity contribution is -0.138. The first kappa shape index (κ1) is 19.9. The van der Waals surface area contributed by atoms with Crippen LogP contribution in [0.2, 0.25) is 0 Å². The van der Waals surface area contributed by atoms with Crippen molar-refractivity contribution in [1.82, 2.24) is 10.2 Å². The third-order valence-electron chi connectivity index (χ3n) is 3.67. The number of nitrogens with zero attached hydrogens (tertiary/aromatic N) is 1. The Labute approximate surface area is 148 Å². The zero-order chi connectivity index (χ0) is 16.7. The van der Waals surface area contributed by atoms with E-state index in [-0.39, 0.29) is 17.9 Å². The highest BCUT2D eigenvalue weighted by molar-refractivity contribution is 8.00. The highest BCUT2D eigenvalue weighted by atomic mass is 32.2. The van der Waals surface area contributed by atoms with Crippen LogP contribution in [0.4, 0.5) is 0 Å². The third-order valence-corrected chi connectivity index (χ3v) is 6.23. The fourth-order valence-corrected chi connectivity index (χ4v) is 4.18. The summed E-state index contributed by atoms with van der Waals surface area (Å²) >= 11 is 10.5. The Morgan fingerprint density at radius 3 is 2.18 bits per heavy atom. The number of thioether (sulfide) groups is 1. The van der Waals surface area contributed by atoms with Crippen LogP contribution in [0, 0.1) is 5.92 Å². The second-order valence-corrected chi connectivity index (χ2v) is 7.87. The van der Waals surface area contributed by atoms with Crippen LogP contribution in [0.5, 0.6) is 0 Å². The summed E-state index contributed by atoms with van der Waals surface area (Å²) in [6, 6.07) is 0.280. The van der Waals surface area contributed by atoms with Gasteiger partial charge in [-0.15, -0.1) is 0 Å². The van der Waals surface area contributed by atoms with Gasteiger partial charge in [-0.05, 0) is 12.8 Å². The van der Waals surface area contributed by atoms with Crippen molar-refractivity contribution in [2.75, 3.05) is 23.8 Å². The second kappa shape index (κ2) is 9.90.